The monoisotopic (exact) mass is 1050 g/mol. The van der Waals surface area contributed by atoms with Gasteiger partial charge in [-0.2, -0.15) is 0 Å². The van der Waals surface area contributed by atoms with Gasteiger partial charge in [-0.05, 0) is 70.6 Å². The Morgan fingerprint density at radius 2 is 0.905 bits per heavy atom. The van der Waals surface area contributed by atoms with Gasteiger partial charge in [-0.1, -0.05) is 203 Å². The molecule has 0 aromatic heterocycles. The lowest BCUT2D eigenvalue weighted by Gasteiger charge is -2.46. The predicted octanol–water partition coefficient (Wildman–Crippen LogP) is 9.78. The van der Waals surface area contributed by atoms with E-state index in [-0.39, 0.29) is 18.9 Å². The molecule has 12 unspecified atom stereocenters. The molecule has 12 atom stereocenters. The van der Waals surface area contributed by atoms with Gasteiger partial charge in [0.15, 0.2) is 12.6 Å². The van der Waals surface area contributed by atoms with E-state index in [2.05, 4.69) is 67.8 Å². The molecular weight excluding hydrogens is 943 g/mol. The van der Waals surface area contributed by atoms with E-state index in [0.717, 1.165) is 51.4 Å². The summed E-state index contributed by atoms with van der Waals surface area (Å²) in [5.41, 5.74) is 0. The average Bonchev–Trinajstić information content (AvgIpc) is 3.40. The van der Waals surface area contributed by atoms with Crippen LogP contribution in [-0.4, -0.2) is 140 Å². The summed E-state index contributed by atoms with van der Waals surface area (Å²) in [6.45, 7) is 2.76. The summed E-state index contributed by atoms with van der Waals surface area (Å²) in [5, 5.41) is 87.0. The SMILES string of the molecule is CCCCCCC/C=C\C/C=C\C/C=C\CCCCCCCCCCC(=O)NC(COC1OC(CO)C(OC2OC(CO)C(O)C(O)C2O)C(O)C1O)C(O)/C=C/CC/C=C/CCCCCCCCCCCCC. The maximum atomic E-state index is 13.2. The number of amides is 1. The molecule has 430 valence electrons. The van der Waals surface area contributed by atoms with Crippen LogP contribution in [0.4, 0.5) is 0 Å². The van der Waals surface area contributed by atoms with Crippen molar-refractivity contribution in [3.05, 3.63) is 60.8 Å². The Labute approximate surface area is 447 Å². The third-order valence-corrected chi connectivity index (χ3v) is 14.2. The third-order valence-electron chi connectivity index (χ3n) is 14.2. The number of carbonyl (C=O) groups is 1. The molecule has 1 amide bonds. The molecule has 2 heterocycles. The molecule has 2 aliphatic heterocycles. The van der Waals surface area contributed by atoms with Crippen molar-refractivity contribution < 1.29 is 64.6 Å². The van der Waals surface area contributed by atoms with Crippen molar-refractivity contribution in [2.75, 3.05) is 19.8 Å². The number of hydrogen-bond donors (Lipinski definition) is 9. The van der Waals surface area contributed by atoms with Crippen molar-refractivity contribution >= 4 is 5.91 Å². The van der Waals surface area contributed by atoms with E-state index < -0.39 is 86.8 Å². The molecule has 14 nitrogen and oxygen atoms in total. The Kier molecular flexibility index (Phi) is 41.9. The third kappa shape index (κ3) is 31.2. The van der Waals surface area contributed by atoms with E-state index >= 15 is 0 Å². The van der Waals surface area contributed by atoms with Gasteiger partial charge in [0.1, 0.15) is 48.8 Å². The summed E-state index contributed by atoms with van der Waals surface area (Å²) >= 11 is 0. The first-order valence-electron chi connectivity index (χ1n) is 29.5. The van der Waals surface area contributed by atoms with Crippen LogP contribution < -0.4 is 5.32 Å². The van der Waals surface area contributed by atoms with Crippen LogP contribution in [0.25, 0.3) is 0 Å². The fourth-order valence-corrected chi connectivity index (χ4v) is 9.37. The summed E-state index contributed by atoms with van der Waals surface area (Å²) in [6, 6.07) is -0.938. The molecule has 74 heavy (non-hydrogen) atoms. The smallest absolute Gasteiger partial charge is 0.220 e. The van der Waals surface area contributed by atoms with Crippen molar-refractivity contribution in [3.8, 4) is 0 Å². The van der Waals surface area contributed by atoms with Crippen LogP contribution in [0.15, 0.2) is 60.8 Å². The molecule has 0 aromatic rings. The Morgan fingerprint density at radius 1 is 0.486 bits per heavy atom. The zero-order valence-electron chi connectivity index (χ0n) is 46.1. The zero-order valence-corrected chi connectivity index (χ0v) is 46.1. The molecule has 0 radical (unpaired) electrons. The minimum absolute atomic E-state index is 0.258. The molecule has 0 aliphatic carbocycles. The number of unbranched alkanes of at least 4 members (excludes halogenated alkanes) is 25. The quantitative estimate of drug-likeness (QED) is 0.0205. The Morgan fingerprint density at radius 3 is 1.42 bits per heavy atom. The molecule has 2 fully saturated rings. The average molecular weight is 1050 g/mol. The fourth-order valence-electron chi connectivity index (χ4n) is 9.37. The van der Waals surface area contributed by atoms with Gasteiger partial charge in [0.2, 0.25) is 5.91 Å². The van der Waals surface area contributed by atoms with Crippen LogP contribution in [0.3, 0.4) is 0 Å². The van der Waals surface area contributed by atoms with Crippen LogP contribution in [0.2, 0.25) is 0 Å². The summed E-state index contributed by atoms with van der Waals surface area (Å²) in [4.78, 5) is 13.2. The van der Waals surface area contributed by atoms with E-state index in [1.165, 1.54) is 135 Å². The van der Waals surface area contributed by atoms with Crippen LogP contribution in [-0.2, 0) is 23.7 Å². The van der Waals surface area contributed by atoms with Crippen molar-refractivity contribution in [2.24, 2.45) is 0 Å². The lowest BCUT2D eigenvalue weighted by atomic mass is 9.97. The lowest BCUT2D eigenvalue weighted by molar-refractivity contribution is -0.359. The van der Waals surface area contributed by atoms with Gasteiger partial charge < -0.3 is 65.1 Å². The highest BCUT2D eigenvalue weighted by molar-refractivity contribution is 5.76. The predicted molar refractivity (Wildman–Crippen MR) is 295 cm³/mol. The fraction of sp³-hybridized carbons (Fsp3) is 0.817. The minimum atomic E-state index is -1.79. The maximum absolute atomic E-state index is 13.2. The van der Waals surface area contributed by atoms with E-state index in [0.29, 0.717) is 12.8 Å². The highest BCUT2D eigenvalue weighted by atomic mass is 16.7. The van der Waals surface area contributed by atoms with Crippen LogP contribution in [0.1, 0.15) is 219 Å². The van der Waals surface area contributed by atoms with Crippen molar-refractivity contribution in [2.45, 2.75) is 293 Å². The minimum Gasteiger partial charge on any atom is -0.394 e. The molecular formula is C60H107NO13. The molecule has 9 N–H and O–H groups in total. The summed E-state index contributed by atoms with van der Waals surface area (Å²) < 4.78 is 22.7. The summed E-state index contributed by atoms with van der Waals surface area (Å²) in [7, 11) is 0. The molecule has 2 saturated heterocycles. The zero-order chi connectivity index (χ0) is 53.9. The number of hydrogen-bond acceptors (Lipinski definition) is 13. The molecule has 2 aliphatic rings. The lowest BCUT2D eigenvalue weighted by Crippen LogP contribution is -2.65. The Hall–Kier alpha value is -2.31. The van der Waals surface area contributed by atoms with Crippen LogP contribution >= 0.6 is 0 Å². The van der Waals surface area contributed by atoms with Gasteiger partial charge in [0, 0.05) is 6.42 Å². The standard InChI is InChI=1S/C60H107NO13/c1-3-5-7-9-11-13-15-17-19-21-22-23-24-25-26-28-30-32-34-36-38-40-42-44-52(65)61-48(49(64)43-41-39-37-35-33-31-29-27-20-18-16-14-12-10-8-6-4-2)47-71-59-57(70)55(68)58(51(46-63)73-59)74-60-56(69)54(67)53(66)50(45-62)72-60/h15,17,21-22,24-25,33,35,41,43,48-51,53-60,62-64,66-70H,3-14,16,18-20,23,26-32,34,36-40,42,44-47H2,1-2H3,(H,61,65)/b17-15-,22-21-,25-24-,35-33+,43-41+. The number of carbonyl (C=O) groups excluding carboxylic acids is 1. The first kappa shape index (κ1) is 67.8. The first-order valence-corrected chi connectivity index (χ1v) is 29.5. The van der Waals surface area contributed by atoms with Gasteiger partial charge in [0.25, 0.3) is 0 Å². The molecule has 0 saturated carbocycles. The van der Waals surface area contributed by atoms with E-state index in [1.807, 2.05) is 6.08 Å². The second kappa shape index (κ2) is 45.7. The van der Waals surface area contributed by atoms with Gasteiger partial charge >= 0.3 is 0 Å². The second-order valence-electron chi connectivity index (χ2n) is 20.8. The largest absolute Gasteiger partial charge is 0.394 e. The number of aliphatic hydroxyl groups is 8. The first-order chi connectivity index (χ1) is 36.1. The molecule has 0 aromatic carbocycles. The van der Waals surface area contributed by atoms with Crippen molar-refractivity contribution in [1.29, 1.82) is 0 Å². The number of nitrogens with one attached hydrogen (secondary N) is 1. The number of rotatable bonds is 46. The van der Waals surface area contributed by atoms with E-state index in [9.17, 15) is 45.6 Å². The topological polar surface area (TPSA) is 228 Å². The Balaban J connectivity index is 1.79. The normalized spacial score (nSPS) is 25.6. The molecule has 14 heteroatoms. The number of aliphatic hydroxyl groups excluding tert-OH is 8. The molecule has 0 spiro atoms. The van der Waals surface area contributed by atoms with Gasteiger partial charge in [-0.3, -0.25) is 4.79 Å². The highest BCUT2D eigenvalue weighted by Crippen LogP contribution is 2.30. The highest BCUT2D eigenvalue weighted by Gasteiger charge is 2.51. The van der Waals surface area contributed by atoms with Gasteiger partial charge in [-0.25, -0.2) is 0 Å². The van der Waals surface area contributed by atoms with Gasteiger partial charge in [-0.15, -0.1) is 0 Å². The molecule has 0 bridgehead atoms. The van der Waals surface area contributed by atoms with Gasteiger partial charge in [0.05, 0.1) is 32.0 Å². The number of allylic oxidation sites excluding steroid dienone is 9. The van der Waals surface area contributed by atoms with Crippen LogP contribution in [0.5, 0.6) is 0 Å². The number of ether oxygens (including phenoxy) is 4. The summed E-state index contributed by atoms with van der Waals surface area (Å²) in [5.74, 6) is -0.258. The van der Waals surface area contributed by atoms with Crippen molar-refractivity contribution in [3.63, 3.8) is 0 Å². The molecule has 2 rings (SSSR count). The summed E-state index contributed by atoms with van der Waals surface area (Å²) in [6.07, 6.45) is 41.1. The van der Waals surface area contributed by atoms with E-state index in [4.69, 9.17) is 18.9 Å². The van der Waals surface area contributed by atoms with Crippen molar-refractivity contribution in [1.82, 2.24) is 5.32 Å². The van der Waals surface area contributed by atoms with Crippen LogP contribution in [0, 0.1) is 0 Å². The second-order valence-corrected chi connectivity index (χ2v) is 20.8. The maximum Gasteiger partial charge on any atom is 0.220 e. The van der Waals surface area contributed by atoms with E-state index in [1.54, 1.807) is 6.08 Å². The Bertz CT molecular complexity index is 1470.